The van der Waals surface area contributed by atoms with Crippen molar-refractivity contribution in [2.24, 2.45) is 0 Å². The Bertz CT molecular complexity index is 1170. The van der Waals surface area contributed by atoms with Crippen LogP contribution in [-0.2, 0) is 6.42 Å². The molecule has 0 aliphatic rings. The Kier molecular flexibility index (Phi) is 6.47. The van der Waals surface area contributed by atoms with Gasteiger partial charge < -0.3 is 4.74 Å². The first-order valence-electron chi connectivity index (χ1n) is 10.9. The summed E-state index contributed by atoms with van der Waals surface area (Å²) in [4.78, 5) is 0. The minimum atomic E-state index is -0.196. The summed E-state index contributed by atoms with van der Waals surface area (Å²) in [5.74, 6) is 0.550. The fraction of sp³-hybridized carbons (Fsp3) is 0.172. The van der Waals surface area contributed by atoms with Gasteiger partial charge in [0.2, 0.25) is 0 Å². The summed E-state index contributed by atoms with van der Waals surface area (Å²) in [5, 5.41) is 1.53. The number of ether oxygens (including phenoxy) is 1. The van der Waals surface area contributed by atoms with Gasteiger partial charge in [-0.25, -0.2) is 4.39 Å². The summed E-state index contributed by atoms with van der Waals surface area (Å²) in [5.41, 5.74) is 5.04. The van der Waals surface area contributed by atoms with E-state index in [0.29, 0.717) is 17.6 Å². The zero-order chi connectivity index (χ0) is 21.6. The van der Waals surface area contributed by atoms with Crippen LogP contribution in [0.25, 0.3) is 33.0 Å². The fourth-order valence-corrected chi connectivity index (χ4v) is 3.83. The molecule has 0 aliphatic heterocycles. The first-order valence-corrected chi connectivity index (χ1v) is 10.9. The molecule has 0 amide bonds. The molecule has 0 fully saturated rings. The van der Waals surface area contributed by atoms with Gasteiger partial charge in [0.05, 0.1) is 0 Å². The van der Waals surface area contributed by atoms with Crippen molar-refractivity contribution in [3.05, 3.63) is 103 Å². The highest BCUT2D eigenvalue weighted by molar-refractivity contribution is 5.91. The lowest BCUT2D eigenvalue weighted by Crippen LogP contribution is -1.93. The smallest absolute Gasteiger partial charge is 0.138 e. The van der Waals surface area contributed by atoms with Crippen LogP contribution in [0.15, 0.2) is 91.5 Å². The Morgan fingerprint density at radius 3 is 2.26 bits per heavy atom. The predicted octanol–water partition coefficient (Wildman–Crippen LogP) is 8.22. The van der Waals surface area contributed by atoms with Gasteiger partial charge in [0.15, 0.2) is 0 Å². The average Bonchev–Trinajstić information content (AvgIpc) is 2.82. The van der Waals surface area contributed by atoms with Gasteiger partial charge in [-0.05, 0) is 58.7 Å². The lowest BCUT2D eigenvalue weighted by molar-refractivity contribution is 0.363. The van der Waals surface area contributed by atoms with E-state index < -0.39 is 0 Å². The highest BCUT2D eigenvalue weighted by Crippen LogP contribution is 2.32. The van der Waals surface area contributed by atoms with E-state index in [0.717, 1.165) is 34.2 Å². The van der Waals surface area contributed by atoms with E-state index in [4.69, 9.17) is 4.74 Å². The molecule has 0 spiro atoms. The van der Waals surface area contributed by atoms with Crippen LogP contribution in [0.5, 0.6) is 5.75 Å². The van der Waals surface area contributed by atoms with Crippen molar-refractivity contribution in [3.8, 4) is 28.0 Å². The average molecular weight is 411 g/mol. The third-order valence-corrected chi connectivity index (χ3v) is 5.59. The second-order valence-electron chi connectivity index (χ2n) is 7.79. The molecule has 0 atom stereocenters. The monoisotopic (exact) mass is 410 g/mol. The van der Waals surface area contributed by atoms with Crippen molar-refractivity contribution in [3.63, 3.8) is 0 Å². The van der Waals surface area contributed by atoms with E-state index in [1.807, 2.05) is 48.5 Å². The molecule has 4 aromatic carbocycles. The van der Waals surface area contributed by atoms with E-state index in [1.54, 1.807) is 6.08 Å². The second-order valence-corrected chi connectivity index (χ2v) is 7.79. The van der Waals surface area contributed by atoms with Gasteiger partial charge >= 0.3 is 0 Å². The number of rotatable bonds is 8. The van der Waals surface area contributed by atoms with Crippen LogP contribution >= 0.6 is 0 Å². The predicted molar refractivity (Wildman–Crippen MR) is 129 cm³/mol. The Balaban J connectivity index is 1.61. The maximum atomic E-state index is 15.3. The van der Waals surface area contributed by atoms with Gasteiger partial charge in [0.1, 0.15) is 18.2 Å². The molecule has 0 radical (unpaired) electrons. The largest absolute Gasteiger partial charge is 0.490 e. The molecule has 0 aliphatic carbocycles. The molecule has 0 N–H and O–H groups in total. The number of fused-ring (bicyclic) bond motifs is 1. The second kappa shape index (κ2) is 9.61. The number of aryl methyl sites for hydroxylation is 1. The van der Waals surface area contributed by atoms with Crippen molar-refractivity contribution in [2.45, 2.75) is 26.2 Å². The number of benzene rings is 4. The first kappa shape index (κ1) is 20.9. The standard InChI is InChI=1S/C29H27FO/c1-3-5-6-21-7-9-22(10-8-21)24-13-17-28-25(20-24)14-18-27(29(28)30)23-11-15-26(16-12-23)31-19-4-2/h4,7-18,20H,2-3,5-6,19H2,1H3. The zero-order valence-corrected chi connectivity index (χ0v) is 17.9. The molecule has 31 heavy (non-hydrogen) atoms. The van der Waals surface area contributed by atoms with Crippen molar-refractivity contribution < 1.29 is 9.13 Å². The van der Waals surface area contributed by atoms with Crippen molar-refractivity contribution in [1.82, 2.24) is 0 Å². The molecular formula is C29H27FO. The van der Waals surface area contributed by atoms with Gasteiger partial charge in [-0.15, -0.1) is 0 Å². The van der Waals surface area contributed by atoms with Crippen LogP contribution in [0, 0.1) is 5.82 Å². The molecule has 0 saturated heterocycles. The number of hydrogen-bond acceptors (Lipinski definition) is 1. The van der Waals surface area contributed by atoms with Gasteiger partial charge in [0.25, 0.3) is 0 Å². The topological polar surface area (TPSA) is 9.23 Å². The van der Waals surface area contributed by atoms with E-state index in [2.05, 4.69) is 43.8 Å². The Morgan fingerprint density at radius 1 is 0.839 bits per heavy atom. The van der Waals surface area contributed by atoms with Crippen LogP contribution in [0.3, 0.4) is 0 Å². The minimum Gasteiger partial charge on any atom is -0.490 e. The highest BCUT2D eigenvalue weighted by atomic mass is 19.1. The minimum absolute atomic E-state index is 0.196. The first-order chi connectivity index (χ1) is 15.2. The van der Waals surface area contributed by atoms with Gasteiger partial charge in [-0.1, -0.05) is 86.7 Å². The SMILES string of the molecule is C=CCOc1ccc(-c2ccc3cc(-c4ccc(CCCC)cc4)ccc3c2F)cc1. The normalized spacial score (nSPS) is 10.9. The number of hydrogen-bond donors (Lipinski definition) is 0. The van der Waals surface area contributed by atoms with E-state index in [1.165, 1.54) is 18.4 Å². The fourth-order valence-electron chi connectivity index (χ4n) is 3.83. The summed E-state index contributed by atoms with van der Waals surface area (Å²) in [7, 11) is 0. The zero-order valence-electron chi connectivity index (χ0n) is 17.9. The van der Waals surface area contributed by atoms with Crippen molar-refractivity contribution in [2.75, 3.05) is 6.61 Å². The lowest BCUT2D eigenvalue weighted by atomic mass is 9.96. The Morgan fingerprint density at radius 2 is 1.55 bits per heavy atom. The van der Waals surface area contributed by atoms with Crippen LogP contribution in [0.4, 0.5) is 4.39 Å². The summed E-state index contributed by atoms with van der Waals surface area (Å²) >= 11 is 0. The molecule has 2 heteroatoms. The van der Waals surface area contributed by atoms with Crippen LogP contribution in [0.2, 0.25) is 0 Å². The number of halogens is 1. The summed E-state index contributed by atoms with van der Waals surface area (Å²) < 4.78 is 20.8. The van der Waals surface area contributed by atoms with E-state index in [-0.39, 0.29) is 5.82 Å². The van der Waals surface area contributed by atoms with E-state index in [9.17, 15) is 0 Å². The molecule has 0 saturated carbocycles. The maximum absolute atomic E-state index is 15.3. The molecule has 0 bridgehead atoms. The quantitative estimate of drug-likeness (QED) is 0.266. The third-order valence-electron chi connectivity index (χ3n) is 5.59. The van der Waals surface area contributed by atoms with Crippen molar-refractivity contribution in [1.29, 1.82) is 0 Å². The lowest BCUT2D eigenvalue weighted by Gasteiger charge is -2.10. The third kappa shape index (κ3) is 4.69. The molecule has 156 valence electrons. The molecule has 0 unspecified atom stereocenters. The molecule has 4 aromatic rings. The Hall–Kier alpha value is -3.39. The molecule has 0 aromatic heterocycles. The summed E-state index contributed by atoms with van der Waals surface area (Å²) in [6.45, 7) is 6.31. The van der Waals surface area contributed by atoms with Crippen LogP contribution in [0.1, 0.15) is 25.3 Å². The molecule has 1 nitrogen and oxygen atoms in total. The van der Waals surface area contributed by atoms with Crippen LogP contribution in [-0.4, -0.2) is 6.61 Å². The van der Waals surface area contributed by atoms with Crippen molar-refractivity contribution >= 4 is 10.8 Å². The molecular weight excluding hydrogens is 383 g/mol. The molecule has 4 rings (SSSR count). The maximum Gasteiger partial charge on any atom is 0.138 e. The van der Waals surface area contributed by atoms with Gasteiger partial charge in [-0.3, -0.25) is 0 Å². The van der Waals surface area contributed by atoms with E-state index >= 15 is 4.39 Å². The summed E-state index contributed by atoms with van der Waals surface area (Å²) in [6.07, 6.45) is 5.23. The Labute approximate surface area is 183 Å². The highest BCUT2D eigenvalue weighted by Gasteiger charge is 2.11. The van der Waals surface area contributed by atoms with Gasteiger partial charge in [-0.2, -0.15) is 0 Å². The number of unbranched alkanes of at least 4 members (excludes halogenated alkanes) is 1. The summed E-state index contributed by atoms with van der Waals surface area (Å²) in [6, 6.07) is 26.0. The van der Waals surface area contributed by atoms with Gasteiger partial charge in [0, 0.05) is 10.9 Å². The molecule has 0 heterocycles. The van der Waals surface area contributed by atoms with Crippen LogP contribution < -0.4 is 4.74 Å².